The number of rotatable bonds is 2. The van der Waals surface area contributed by atoms with Crippen molar-refractivity contribution < 1.29 is 0 Å². The van der Waals surface area contributed by atoms with Gasteiger partial charge in [0.05, 0.1) is 17.0 Å². The summed E-state index contributed by atoms with van der Waals surface area (Å²) in [6, 6.07) is 7.12. The molecule has 0 unspecified atom stereocenters. The van der Waals surface area contributed by atoms with Gasteiger partial charge < -0.3 is 0 Å². The highest BCUT2D eigenvalue weighted by Crippen LogP contribution is 2.18. The van der Waals surface area contributed by atoms with Crippen molar-refractivity contribution in [1.82, 2.24) is 25.4 Å². The summed E-state index contributed by atoms with van der Waals surface area (Å²) < 4.78 is 0. The van der Waals surface area contributed by atoms with Gasteiger partial charge >= 0.3 is 0 Å². The minimum atomic E-state index is -0.253. The second kappa shape index (κ2) is 4.25. The second-order valence-electron chi connectivity index (χ2n) is 3.70. The third-order valence-electron chi connectivity index (χ3n) is 2.57. The van der Waals surface area contributed by atoms with Gasteiger partial charge in [0.2, 0.25) is 0 Å². The van der Waals surface area contributed by atoms with Crippen LogP contribution in [0, 0.1) is 0 Å². The van der Waals surface area contributed by atoms with Crippen molar-refractivity contribution in [3.05, 3.63) is 53.2 Å². The van der Waals surface area contributed by atoms with Gasteiger partial charge in [-0.3, -0.25) is 14.9 Å². The molecule has 0 aromatic carbocycles. The van der Waals surface area contributed by atoms with E-state index in [0.29, 0.717) is 17.0 Å². The highest BCUT2D eigenvalue weighted by atomic mass is 16.1. The number of aromatic nitrogens is 5. The van der Waals surface area contributed by atoms with E-state index in [1.165, 1.54) is 0 Å². The molecule has 0 amide bonds. The van der Waals surface area contributed by atoms with Crippen LogP contribution in [0.25, 0.3) is 22.5 Å². The van der Waals surface area contributed by atoms with E-state index < -0.39 is 0 Å². The Balaban J connectivity index is 2.15. The molecule has 0 saturated heterocycles. The van der Waals surface area contributed by atoms with Crippen molar-refractivity contribution >= 4 is 0 Å². The van der Waals surface area contributed by atoms with Crippen molar-refractivity contribution in [3.8, 4) is 22.5 Å². The maximum absolute atomic E-state index is 11.7. The molecule has 0 fully saturated rings. The molecular weight excluding hydrogens is 230 g/mol. The molecule has 3 aromatic rings. The predicted molar refractivity (Wildman–Crippen MR) is 65.7 cm³/mol. The van der Waals surface area contributed by atoms with Crippen LogP contribution in [0.15, 0.2) is 47.7 Å². The lowest BCUT2D eigenvalue weighted by Crippen LogP contribution is -2.11. The molecule has 3 aromatic heterocycles. The van der Waals surface area contributed by atoms with E-state index in [2.05, 4.69) is 25.4 Å². The Bertz CT molecular complexity index is 703. The van der Waals surface area contributed by atoms with E-state index in [1.54, 1.807) is 30.7 Å². The smallest absolute Gasteiger partial charge is 0.273 e. The molecule has 6 nitrogen and oxygen atoms in total. The maximum atomic E-state index is 11.7. The van der Waals surface area contributed by atoms with Crippen molar-refractivity contribution in [1.29, 1.82) is 0 Å². The first-order valence-electron chi connectivity index (χ1n) is 5.34. The zero-order valence-corrected chi connectivity index (χ0v) is 9.29. The summed E-state index contributed by atoms with van der Waals surface area (Å²) in [5, 5.41) is 13.1. The van der Waals surface area contributed by atoms with Gasteiger partial charge in [-0.15, -0.1) is 0 Å². The SMILES string of the molecule is O=c1[nH]nc(-c2ccncc2)cc1-c1ccn[nH]1. The van der Waals surface area contributed by atoms with Gasteiger partial charge in [0.25, 0.3) is 5.56 Å². The van der Waals surface area contributed by atoms with E-state index in [1.807, 2.05) is 12.1 Å². The molecule has 3 heterocycles. The number of nitrogens with one attached hydrogen (secondary N) is 2. The first-order valence-corrected chi connectivity index (χ1v) is 5.34. The number of pyridine rings is 1. The van der Waals surface area contributed by atoms with Crippen molar-refractivity contribution in [2.45, 2.75) is 0 Å². The van der Waals surface area contributed by atoms with E-state index in [4.69, 9.17) is 0 Å². The molecule has 0 aliphatic carbocycles. The van der Waals surface area contributed by atoms with Crippen LogP contribution in [0.2, 0.25) is 0 Å². The molecule has 0 aliphatic heterocycles. The third-order valence-corrected chi connectivity index (χ3v) is 2.57. The Hall–Kier alpha value is -2.76. The van der Waals surface area contributed by atoms with Gasteiger partial charge in [0, 0.05) is 24.2 Å². The van der Waals surface area contributed by atoms with Crippen LogP contribution in [0.3, 0.4) is 0 Å². The third kappa shape index (κ3) is 1.80. The average Bonchev–Trinajstić information content (AvgIpc) is 2.94. The highest BCUT2D eigenvalue weighted by Gasteiger charge is 2.08. The molecule has 0 atom stereocenters. The summed E-state index contributed by atoms with van der Waals surface area (Å²) in [6.07, 6.45) is 4.96. The number of nitrogens with zero attached hydrogens (tertiary/aromatic N) is 3. The van der Waals surface area contributed by atoms with E-state index in [0.717, 1.165) is 5.56 Å². The van der Waals surface area contributed by atoms with Crippen LogP contribution in [0.5, 0.6) is 0 Å². The molecule has 0 spiro atoms. The van der Waals surface area contributed by atoms with Crippen LogP contribution < -0.4 is 5.56 Å². The lowest BCUT2D eigenvalue weighted by Gasteiger charge is -2.01. The minimum Gasteiger partial charge on any atom is -0.278 e. The first kappa shape index (κ1) is 10.4. The van der Waals surface area contributed by atoms with Crippen molar-refractivity contribution in [2.75, 3.05) is 0 Å². The van der Waals surface area contributed by atoms with Gasteiger partial charge in [-0.2, -0.15) is 10.2 Å². The van der Waals surface area contributed by atoms with Crippen LogP contribution in [-0.4, -0.2) is 25.4 Å². The Morgan fingerprint density at radius 2 is 1.83 bits per heavy atom. The van der Waals surface area contributed by atoms with Crippen LogP contribution in [-0.2, 0) is 0 Å². The minimum absolute atomic E-state index is 0.253. The second-order valence-corrected chi connectivity index (χ2v) is 3.70. The van der Waals surface area contributed by atoms with Crippen LogP contribution in [0.4, 0.5) is 0 Å². The van der Waals surface area contributed by atoms with E-state index >= 15 is 0 Å². The fourth-order valence-electron chi connectivity index (χ4n) is 1.68. The quantitative estimate of drug-likeness (QED) is 0.703. The molecule has 0 aliphatic rings. The Morgan fingerprint density at radius 3 is 2.56 bits per heavy atom. The highest BCUT2D eigenvalue weighted by molar-refractivity contribution is 5.66. The standard InChI is InChI=1S/C12H9N5O/c18-12-9(10-3-6-14-15-10)7-11(16-17-12)8-1-4-13-5-2-8/h1-7H,(H,14,15)(H,17,18). The first-order chi connectivity index (χ1) is 8.84. The van der Waals surface area contributed by atoms with Crippen molar-refractivity contribution in [3.63, 3.8) is 0 Å². The molecule has 2 N–H and O–H groups in total. The Kier molecular flexibility index (Phi) is 2.45. The topological polar surface area (TPSA) is 87.3 Å². The molecule has 3 rings (SSSR count). The van der Waals surface area contributed by atoms with E-state index in [9.17, 15) is 4.79 Å². The largest absolute Gasteiger partial charge is 0.278 e. The normalized spacial score (nSPS) is 10.4. The molecule has 0 bridgehead atoms. The fourth-order valence-corrected chi connectivity index (χ4v) is 1.68. The zero-order valence-electron chi connectivity index (χ0n) is 9.29. The monoisotopic (exact) mass is 239 g/mol. The van der Waals surface area contributed by atoms with Crippen LogP contribution in [0.1, 0.15) is 0 Å². The summed E-state index contributed by atoms with van der Waals surface area (Å²) in [6.45, 7) is 0. The number of aromatic amines is 2. The summed E-state index contributed by atoms with van der Waals surface area (Å²) >= 11 is 0. The number of hydrogen-bond donors (Lipinski definition) is 2. The van der Waals surface area contributed by atoms with Gasteiger partial charge in [-0.25, -0.2) is 5.10 Å². The molecule has 0 saturated carbocycles. The van der Waals surface area contributed by atoms with Gasteiger partial charge in [-0.1, -0.05) is 0 Å². The predicted octanol–water partition coefficient (Wildman–Crippen LogP) is 1.22. The number of hydrogen-bond acceptors (Lipinski definition) is 4. The van der Waals surface area contributed by atoms with Crippen LogP contribution >= 0.6 is 0 Å². The summed E-state index contributed by atoms with van der Waals surface area (Å²) in [5.74, 6) is 0. The number of H-pyrrole nitrogens is 2. The van der Waals surface area contributed by atoms with Gasteiger partial charge in [0.1, 0.15) is 0 Å². The fraction of sp³-hybridized carbons (Fsp3) is 0. The Morgan fingerprint density at radius 1 is 1.00 bits per heavy atom. The lowest BCUT2D eigenvalue weighted by molar-refractivity contribution is 0.991. The van der Waals surface area contributed by atoms with Gasteiger partial charge in [0.15, 0.2) is 0 Å². The molecule has 0 radical (unpaired) electrons. The molecular formula is C12H9N5O. The summed E-state index contributed by atoms with van der Waals surface area (Å²) in [7, 11) is 0. The molecule has 88 valence electrons. The summed E-state index contributed by atoms with van der Waals surface area (Å²) in [5.41, 5.74) is 2.49. The Labute approximate surface area is 102 Å². The molecule has 6 heteroatoms. The average molecular weight is 239 g/mol. The molecule has 18 heavy (non-hydrogen) atoms. The summed E-state index contributed by atoms with van der Waals surface area (Å²) in [4.78, 5) is 15.7. The van der Waals surface area contributed by atoms with Crippen molar-refractivity contribution in [2.24, 2.45) is 0 Å². The zero-order chi connectivity index (χ0) is 12.4. The maximum Gasteiger partial charge on any atom is 0.273 e. The van der Waals surface area contributed by atoms with Gasteiger partial charge in [-0.05, 0) is 24.3 Å². The lowest BCUT2D eigenvalue weighted by atomic mass is 10.1. The van der Waals surface area contributed by atoms with E-state index in [-0.39, 0.29) is 5.56 Å².